The zero-order chi connectivity index (χ0) is 11.3. The zero-order valence-corrected chi connectivity index (χ0v) is 8.40. The lowest BCUT2D eigenvalue weighted by Crippen LogP contribution is -2.45. The zero-order valence-electron chi connectivity index (χ0n) is 8.40. The van der Waals surface area contributed by atoms with Gasteiger partial charge in [0.05, 0.1) is 12.5 Å². The Balaban J connectivity index is 2.34. The van der Waals surface area contributed by atoms with E-state index in [0.717, 1.165) is 0 Å². The number of hydrogen-bond acceptors (Lipinski definition) is 2. The van der Waals surface area contributed by atoms with Crippen molar-refractivity contribution >= 4 is 12.0 Å². The Kier molecular flexibility index (Phi) is 3.98. The molecule has 0 unspecified atom stereocenters. The first-order valence-electron chi connectivity index (χ1n) is 4.84. The number of nitrogens with zero attached hydrogens (tertiary/aromatic N) is 1. The number of urea groups is 1. The highest BCUT2D eigenvalue weighted by atomic mass is 16.4. The van der Waals surface area contributed by atoms with Crippen molar-refractivity contribution in [1.29, 1.82) is 0 Å². The smallest absolute Gasteiger partial charge is 0.318 e. The van der Waals surface area contributed by atoms with Gasteiger partial charge in [-0.25, -0.2) is 4.79 Å². The predicted octanol–water partition coefficient (Wildman–Crippen LogP) is 0.126. The molecule has 0 aromatic rings. The lowest BCUT2D eigenvalue weighted by atomic mass is 9.97. The van der Waals surface area contributed by atoms with Crippen LogP contribution in [0.1, 0.15) is 12.8 Å². The Morgan fingerprint density at radius 2 is 2.07 bits per heavy atom. The highest BCUT2D eigenvalue weighted by molar-refractivity contribution is 5.75. The minimum absolute atomic E-state index is 0.206. The van der Waals surface area contributed by atoms with Gasteiger partial charge in [0.1, 0.15) is 0 Å². The fourth-order valence-electron chi connectivity index (χ4n) is 1.57. The molecule has 0 saturated carbocycles. The van der Waals surface area contributed by atoms with Crippen LogP contribution < -0.4 is 5.32 Å². The Morgan fingerprint density at radius 3 is 2.53 bits per heavy atom. The molecule has 1 rings (SSSR count). The van der Waals surface area contributed by atoms with E-state index in [9.17, 15) is 9.59 Å². The molecule has 1 heterocycles. The van der Waals surface area contributed by atoms with Gasteiger partial charge in [-0.05, 0) is 12.8 Å². The summed E-state index contributed by atoms with van der Waals surface area (Å²) in [6.45, 7) is 1.17. The molecule has 0 aromatic heterocycles. The van der Waals surface area contributed by atoms with Crippen molar-refractivity contribution < 1.29 is 14.7 Å². The summed E-state index contributed by atoms with van der Waals surface area (Å²) in [6, 6.07) is -0.211. The van der Waals surface area contributed by atoms with Crippen molar-refractivity contribution in [2.45, 2.75) is 12.8 Å². The second-order valence-corrected chi connectivity index (χ2v) is 3.46. The summed E-state index contributed by atoms with van der Waals surface area (Å²) in [5.74, 6) is 1.22. The molecule has 0 bridgehead atoms. The maximum Gasteiger partial charge on any atom is 0.318 e. The summed E-state index contributed by atoms with van der Waals surface area (Å²) in [4.78, 5) is 23.7. The van der Waals surface area contributed by atoms with E-state index in [1.165, 1.54) is 0 Å². The molecule has 5 nitrogen and oxygen atoms in total. The summed E-state index contributed by atoms with van der Waals surface area (Å²) in [5, 5.41) is 11.3. The van der Waals surface area contributed by atoms with E-state index >= 15 is 0 Å². The van der Waals surface area contributed by atoms with Crippen LogP contribution >= 0.6 is 0 Å². The van der Waals surface area contributed by atoms with Gasteiger partial charge in [-0.1, -0.05) is 5.92 Å². The van der Waals surface area contributed by atoms with E-state index in [2.05, 4.69) is 11.2 Å². The molecular weight excluding hydrogens is 196 g/mol. The number of carbonyl (C=O) groups excluding carboxylic acids is 1. The monoisotopic (exact) mass is 210 g/mol. The first-order chi connectivity index (χ1) is 7.15. The number of terminal acetylenes is 1. The van der Waals surface area contributed by atoms with Crippen molar-refractivity contribution in [2.75, 3.05) is 19.6 Å². The normalized spacial score (nSPS) is 16.9. The predicted molar refractivity (Wildman–Crippen MR) is 54.2 cm³/mol. The van der Waals surface area contributed by atoms with E-state index in [-0.39, 0.29) is 18.5 Å². The van der Waals surface area contributed by atoms with Gasteiger partial charge in [-0.15, -0.1) is 6.42 Å². The molecule has 82 valence electrons. The van der Waals surface area contributed by atoms with Gasteiger partial charge in [0, 0.05) is 13.1 Å². The molecule has 2 N–H and O–H groups in total. The Bertz CT molecular complexity index is 288. The first kappa shape index (κ1) is 11.4. The maximum absolute atomic E-state index is 11.4. The van der Waals surface area contributed by atoms with Gasteiger partial charge in [0.2, 0.25) is 0 Å². The summed E-state index contributed by atoms with van der Waals surface area (Å²) in [5.41, 5.74) is 0. The molecule has 15 heavy (non-hydrogen) atoms. The molecule has 0 aromatic carbocycles. The number of carboxylic acid groups (broad SMARTS) is 1. The lowest BCUT2D eigenvalue weighted by molar-refractivity contribution is -0.143. The average Bonchev–Trinajstić information content (AvgIpc) is 2.26. The van der Waals surface area contributed by atoms with Crippen LogP contribution in [0.3, 0.4) is 0 Å². The van der Waals surface area contributed by atoms with Gasteiger partial charge in [-0.2, -0.15) is 0 Å². The third kappa shape index (κ3) is 3.17. The van der Waals surface area contributed by atoms with Crippen molar-refractivity contribution in [2.24, 2.45) is 5.92 Å². The second-order valence-electron chi connectivity index (χ2n) is 3.46. The molecule has 0 spiro atoms. The molecule has 0 atom stereocenters. The van der Waals surface area contributed by atoms with Crippen LogP contribution in [0, 0.1) is 18.3 Å². The van der Waals surface area contributed by atoms with Gasteiger partial charge in [0.15, 0.2) is 0 Å². The number of likely N-dealkylation sites (tertiary alicyclic amines) is 1. The molecular formula is C10H14N2O3. The van der Waals surface area contributed by atoms with Crippen molar-refractivity contribution in [3.8, 4) is 12.3 Å². The minimum Gasteiger partial charge on any atom is -0.481 e. The largest absolute Gasteiger partial charge is 0.481 e. The molecule has 0 aliphatic carbocycles. The van der Waals surface area contributed by atoms with Crippen molar-refractivity contribution in [3.63, 3.8) is 0 Å². The van der Waals surface area contributed by atoms with E-state index in [1.807, 2.05) is 0 Å². The van der Waals surface area contributed by atoms with Crippen molar-refractivity contribution in [1.82, 2.24) is 10.2 Å². The highest BCUT2D eigenvalue weighted by Gasteiger charge is 2.26. The third-order valence-electron chi connectivity index (χ3n) is 2.47. The summed E-state index contributed by atoms with van der Waals surface area (Å²) >= 11 is 0. The van der Waals surface area contributed by atoms with Crippen LogP contribution in [0.4, 0.5) is 4.79 Å². The van der Waals surface area contributed by atoms with Crippen molar-refractivity contribution in [3.05, 3.63) is 0 Å². The summed E-state index contributed by atoms with van der Waals surface area (Å²) in [7, 11) is 0. The number of aliphatic carboxylic acids is 1. The van der Waals surface area contributed by atoms with Crippen LogP contribution in [0.2, 0.25) is 0 Å². The molecule has 1 aliphatic heterocycles. The van der Waals surface area contributed by atoms with Crippen LogP contribution in [0.15, 0.2) is 0 Å². The van der Waals surface area contributed by atoms with E-state index in [0.29, 0.717) is 25.9 Å². The Hall–Kier alpha value is -1.70. The van der Waals surface area contributed by atoms with Crippen LogP contribution in [-0.4, -0.2) is 41.6 Å². The number of carboxylic acids is 1. The molecule has 1 fully saturated rings. The number of piperidine rings is 1. The maximum atomic E-state index is 11.4. The second kappa shape index (κ2) is 5.25. The van der Waals surface area contributed by atoms with Crippen LogP contribution in [0.5, 0.6) is 0 Å². The van der Waals surface area contributed by atoms with Gasteiger partial charge in [-0.3, -0.25) is 4.79 Å². The Labute approximate surface area is 88.4 Å². The topological polar surface area (TPSA) is 69.6 Å². The van der Waals surface area contributed by atoms with Gasteiger partial charge < -0.3 is 15.3 Å². The number of nitrogens with one attached hydrogen (secondary N) is 1. The van der Waals surface area contributed by atoms with Gasteiger partial charge in [0.25, 0.3) is 0 Å². The minimum atomic E-state index is -0.779. The van der Waals surface area contributed by atoms with Gasteiger partial charge >= 0.3 is 12.0 Å². The fourth-order valence-corrected chi connectivity index (χ4v) is 1.57. The molecule has 5 heteroatoms. The Morgan fingerprint density at radius 1 is 1.47 bits per heavy atom. The van der Waals surface area contributed by atoms with Crippen LogP contribution in [-0.2, 0) is 4.79 Å². The average molecular weight is 210 g/mol. The van der Waals surface area contributed by atoms with E-state index in [1.54, 1.807) is 4.90 Å². The molecule has 2 amide bonds. The SMILES string of the molecule is C#CCNC(=O)N1CCC(C(=O)O)CC1. The molecule has 1 saturated heterocycles. The molecule has 1 aliphatic rings. The number of carbonyl (C=O) groups is 2. The van der Waals surface area contributed by atoms with E-state index in [4.69, 9.17) is 11.5 Å². The number of hydrogen-bond donors (Lipinski definition) is 2. The lowest BCUT2D eigenvalue weighted by Gasteiger charge is -2.29. The van der Waals surface area contributed by atoms with Crippen LogP contribution in [0.25, 0.3) is 0 Å². The standard InChI is InChI=1S/C10H14N2O3/c1-2-5-11-10(15)12-6-3-8(4-7-12)9(13)14/h1,8H,3-7H2,(H,11,15)(H,13,14). The fraction of sp³-hybridized carbons (Fsp3) is 0.600. The summed E-state index contributed by atoms with van der Waals surface area (Å²) in [6.07, 6.45) is 6.03. The molecule has 0 radical (unpaired) electrons. The third-order valence-corrected chi connectivity index (χ3v) is 2.47. The highest BCUT2D eigenvalue weighted by Crippen LogP contribution is 2.16. The summed E-state index contributed by atoms with van der Waals surface area (Å²) < 4.78 is 0. The quantitative estimate of drug-likeness (QED) is 0.636. The number of rotatable bonds is 2. The first-order valence-corrected chi connectivity index (χ1v) is 4.84. The van der Waals surface area contributed by atoms with E-state index < -0.39 is 5.97 Å². The number of amides is 2.